The van der Waals surface area contributed by atoms with E-state index in [0.717, 1.165) is 0 Å². The molecule has 0 aliphatic heterocycles. The molecule has 0 saturated carbocycles. The van der Waals surface area contributed by atoms with E-state index in [-0.39, 0.29) is 11.7 Å². The number of esters is 1. The van der Waals surface area contributed by atoms with Crippen molar-refractivity contribution in [1.29, 1.82) is 0 Å². The Labute approximate surface area is 179 Å². The van der Waals surface area contributed by atoms with Crippen molar-refractivity contribution in [3.05, 3.63) is 71.9 Å². The van der Waals surface area contributed by atoms with Crippen molar-refractivity contribution in [1.82, 2.24) is 14.7 Å². The first-order valence-electron chi connectivity index (χ1n) is 9.92. The van der Waals surface area contributed by atoms with Crippen LogP contribution in [0.2, 0.25) is 0 Å². The molecule has 162 valence electrons. The average Bonchev–Trinajstić information content (AvgIpc) is 3.46. The molecule has 3 aromatic rings. The summed E-state index contributed by atoms with van der Waals surface area (Å²) >= 11 is 0. The second kappa shape index (κ2) is 10.2. The second-order valence-electron chi connectivity index (χ2n) is 6.65. The van der Waals surface area contributed by atoms with Crippen molar-refractivity contribution in [3.63, 3.8) is 0 Å². The van der Waals surface area contributed by atoms with Crippen molar-refractivity contribution < 1.29 is 23.5 Å². The quantitative estimate of drug-likeness (QED) is 0.530. The van der Waals surface area contributed by atoms with Crippen molar-refractivity contribution in [2.45, 2.75) is 20.4 Å². The van der Waals surface area contributed by atoms with E-state index < -0.39 is 18.5 Å². The highest BCUT2D eigenvalue weighted by Gasteiger charge is 2.16. The van der Waals surface area contributed by atoms with Crippen LogP contribution in [-0.2, 0) is 16.1 Å². The van der Waals surface area contributed by atoms with Gasteiger partial charge in [0, 0.05) is 36.7 Å². The fourth-order valence-corrected chi connectivity index (χ4v) is 2.95. The van der Waals surface area contributed by atoms with Gasteiger partial charge in [-0.25, -0.2) is 4.79 Å². The number of furan rings is 1. The molecule has 0 bridgehead atoms. The van der Waals surface area contributed by atoms with E-state index in [4.69, 9.17) is 9.15 Å². The summed E-state index contributed by atoms with van der Waals surface area (Å²) in [6.45, 7) is 4.89. The van der Waals surface area contributed by atoms with Crippen molar-refractivity contribution in [2.75, 3.05) is 25.0 Å². The number of rotatable bonds is 9. The van der Waals surface area contributed by atoms with Crippen molar-refractivity contribution in [3.8, 4) is 0 Å². The molecule has 9 heteroatoms. The van der Waals surface area contributed by atoms with Gasteiger partial charge in [0.15, 0.2) is 6.61 Å². The molecular formula is C22H24N4O5. The Bertz CT molecular complexity index is 1040. The summed E-state index contributed by atoms with van der Waals surface area (Å²) in [7, 11) is 0. The topological polar surface area (TPSA) is 107 Å². The summed E-state index contributed by atoms with van der Waals surface area (Å²) in [6.07, 6.45) is 3.42. The van der Waals surface area contributed by atoms with Gasteiger partial charge in [0.2, 0.25) is 5.76 Å². The summed E-state index contributed by atoms with van der Waals surface area (Å²) in [6, 6.07) is 11.5. The molecule has 1 aromatic carbocycles. The maximum Gasteiger partial charge on any atom is 0.374 e. The lowest BCUT2D eigenvalue weighted by molar-refractivity contribution is -0.119. The molecule has 0 radical (unpaired) electrons. The molecule has 0 aliphatic rings. The van der Waals surface area contributed by atoms with Gasteiger partial charge in [0.1, 0.15) is 5.76 Å². The summed E-state index contributed by atoms with van der Waals surface area (Å²) in [5.41, 5.74) is 0.914. The number of carbonyl (C=O) groups is 3. The Hall–Kier alpha value is -3.88. The monoisotopic (exact) mass is 424 g/mol. The maximum atomic E-state index is 12.4. The molecule has 31 heavy (non-hydrogen) atoms. The van der Waals surface area contributed by atoms with Gasteiger partial charge in [0.25, 0.3) is 11.8 Å². The normalized spacial score (nSPS) is 10.5. The van der Waals surface area contributed by atoms with Gasteiger partial charge >= 0.3 is 5.97 Å². The number of hydrogen-bond acceptors (Lipinski definition) is 6. The van der Waals surface area contributed by atoms with Crippen LogP contribution < -0.4 is 5.32 Å². The van der Waals surface area contributed by atoms with Crippen molar-refractivity contribution in [2.24, 2.45) is 0 Å². The average molecular weight is 424 g/mol. The van der Waals surface area contributed by atoms with Crippen LogP contribution in [0.25, 0.3) is 0 Å². The lowest BCUT2D eigenvalue weighted by Gasteiger charge is -2.19. The standard InChI is InChI=1S/C22H24N4O5/c1-3-25(4-2)21(28)16-7-5-8-17(13-16)24-20(27)15-30-22(29)19-10-9-18(31-19)14-26-12-6-11-23-26/h5-13H,3-4,14-15H2,1-2H3,(H,24,27). The summed E-state index contributed by atoms with van der Waals surface area (Å²) < 4.78 is 12.1. The number of ether oxygens (including phenoxy) is 1. The SMILES string of the molecule is CCN(CC)C(=O)c1cccc(NC(=O)COC(=O)c2ccc(Cn3cccn3)o2)c1. The summed E-state index contributed by atoms with van der Waals surface area (Å²) in [5.74, 6) is -0.843. The van der Waals surface area contributed by atoms with Gasteiger partial charge in [-0.3, -0.25) is 14.3 Å². The minimum absolute atomic E-state index is 0.00164. The lowest BCUT2D eigenvalue weighted by Crippen LogP contribution is -2.30. The molecule has 0 spiro atoms. The van der Waals surface area contributed by atoms with E-state index in [9.17, 15) is 14.4 Å². The third kappa shape index (κ3) is 5.81. The van der Waals surface area contributed by atoms with Gasteiger partial charge in [-0.05, 0) is 50.2 Å². The Balaban J connectivity index is 1.52. The molecule has 0 atom stereocenters. The van der Waals surface area contributed by atoms with Gasteiger partial charge in [-0.15, -0.1) is 0 Å². The van der Waals surface area contributed by atoms with Crippen LogP contribution in [0.4, 0.5) is 5.69 Å². The highest BCUT2D eigenvalue weighted by Crippen LogP contribution is 2.14. The van der Waals surface area contributed by atoms with E-state index in [1.807, 2.05) is 13.8 Å². The van der Waals surface area contributed by atoms with Crippen LogP contribution in [0.5, 0.6) is 0 Å². The first-order valence-corrected chi connectivity index (χ1v) is 9.92. The number of anilines is 1. The molecule has 3 rings (SSSR count). The predicted octanol–water partition coefficient (Wildman–Crippen LogP) is 2.80. The molecule has 2 aromatic heterocycles. The smallest absolute Gasteiger partial charge is 0.374 e. The van der Waals surface area contributed by atoms with E-state index in [0.29, 0.717) is 36.6 Å². The predicted molar refractivity (Wildman–Crippen MR) is 113 cm³/mol. The Morgan fingerprint density at radius 3 is 2.65 bits per heavy atom. The molecule has 0 saturated heterocycles. The van der Waals surface area contributed by atoms with Crippen LogP contribution in [0, 0.1) is 0 Å². The molecule has 9 nitrogen and oxygen atoms in total. The molecular weight excluding hydrogens is 400 g/mol. The Morgan fingerprint density at radius 1 is 1.13 bits per heavy atom. The molecule has 0 aliphatic carbocycles. The number of amides is 2. The van der Waals surface area contributed by atoms with E-state index in [1.54, 1.807) is 58.4 Å². The fraction of sp³-hybridized carbons (Fsp3) is 0.273. The van der Waals surface area contributed by atoms with Gasteiger partial charge in [-0.2, -0.15) is 5.10 Å². The van der Waals surface area contributed by atoms with Crippen LogP contribution in [-0.4, -0.2) is 52.2 Å². The van der Waals surface area contributed by atoms with Gasteiger partial charge < -0.3 is 19.4 Å². The molecule has 1 N–H and O–H groups in total. The Morgan fingerprint density at radius 2 is 1.94 bits per heavy atom. The van der Waals surface area contributed by atoms with Gasteiger partial charge in [0.05, 0.1) is 6.54 Å². The zero-order chi connectivity index (χ0) is 22.2. The second-order valence-corrected chi connectivity index (χ2v) is 6.65. The van der Waals surface area contributed by atoms with Crippen LogP contribution in [0.1, 0.15) is 40.5 Å². The van der Waals surface area contributed by atoms with Gasteiger partial charge in [-0.1, -0.05) is 6.07 Å². The number of carbonyl (C=O) groups excluding carboxylic acids is 3. The number of nitrogens with zero attached hydrogens (tertiary/aromatic N) is 3. The largest absolute Gasteiger partial charge is 0.452 e. The zero-order valence-electron chi connectivity index (χ0n) is 17.4. The number of benzene rings is 1. The molecule has 0 unspecified atom stereocenters. The first-order chi connectivity index (χ1) is 15.0. The number of aromatic nitrogens is 2. The third-order valence-electron chi connectivity index (χ3n) is 4.52. The Kier molecular flexibility index (Phi) is 7.21. The fourth-order valence-electron chi connectivity index (χ4n) is 2.95. The highest BCUT2D eigenvalue weighted by molar-refractivity contribution is 5.98. The maximum absolute atomic E-state index is 12.4. The summed E-state index contributed by atoms with van der Waals surface area (Å²) in [5, 5.41) is 6.69. The van der Waals surface area contributed by atoms with Crippen LogP contribution in [0.15, 0.2) is 59.3 Å². The summed E-state index contributed by atoms with van der Waals surface area (Å²) in [4.78, 5) is 38.4. The van der Waals surface area contributed by atoms with E-state index >= 15 is 0 Å². The highest BCUT2D eigenvalue weighted by atomic mass is 16.5. The lowest BCUT2D eigenvalue weighted by atomic mass is 10.1. The molecule has 2 amide bonds. The first kappa shape index (κ1) is 21.8. The van der Waals surface area contributed by atoms with Crippen LogP contribution >= 0.6 is 0 Å². The van der Waals surface area contributed by atoms with Crippen LogP contribution in [0.3, 0.4) is 0 Å². The zero-order valence-corrected chi connectivity index (χ0v) is 17.4. The number of hydrogen-bond donors (Lipinski definition) is 1. The number of nitrogens with one attached hydrogen (secondary N) is 1. The van der Waals surface area contributed by atoms with Crippen molar-refractivity contribution >= 4 is 23.5 Å². The minimum atomic E-state index is -0.743. The van der Waals surface area contributed by atoms with E-state index in [1.165, 1.54) is 6.07 Å². The minimum Gasteiger partial charge on any atom is -0.452 e. The molecule has 2 heterocycles. The molecule has 0 fully saturated rings. The third-order valence-corrected chi connectivity index (χ3v) is 4.52. The van der Waals surface area contributed by atoms with E-state index in [2.05, 4.69) is 10.4 Å².